The molecule has 4 heteroatoms. The number of piperazine rings is 1. The highest BCUT2D eigenvalue weighted by atomic mass is 32.1. The fourth-order valence-corrected chi connectivity index (χ4v) is 1.89. The van der Waals surface area contributed by atoms with Crippen LogP contribution in [0.3, 0.4) is 0 Å². The predicted molar refractivity (Wildman–Crippen MR) is 58.2 cm³/mol. The highest BCUT2D eigenvalue weighted by Gasteiger charge is 2.18. The fraction of sp³-hybridized carbons (Fsp3) is 1.00. The van der Waals surface area contributed by atoms with Gasteiger partial charge in [-0.05, 0) is 13.3 Å². The second kappa shape index (κ2) is 5.86. The van der Waals surface area contributed by atoms with Crippen molar-refractivity contribution in [2.45, 2.75) is 18.7 Å². The van der Waals surface area contributed by atoms with E-state index >= 15 is 0 Å². The highest BCUT2D eigenvalue weighted by Crippen LogP contribution is 2.08. The van der Waals surface area contributed by atoms with Crippen molar-refractivity contribution >= 4 is 12.6 Å². The van der Waals surface area contributed by atoms with Crippen LogP contribution in [0, 0.1) is 0 Å². The van der Waals surface area contributed by atoms with Gasteiger partial charge in [0, 0.05) is 44.7 Å². The Kier molecular flexibility index (Phi) is 5.09. The largest absolute Gasteiger partial charge is 0.396 e. The van der Waals surface area contributed by atoms with Crippen molar-refractivity contribution in [1.29, 1.82) is 0 Å². The molecule has 1 N–H and O–H groups in total. The molecular formula is C9H20N2OS. The third kappa shape index (κ3) is 3.85. The maximum absolute atomic E-state index is 8.69. The topological polar surface area (TPSA) is 26.7 Å². The Hall–Kier alpha value is 0.230. The van der Waals surface area contributed by atoms with Gasteiger partial charge in [0.05, 0.1) is 0 Å². The normalized spacial score (nSPS) is 23.3. The zero-order valence-corrected chi connectivity index (χ0v) is 9.21. The molecule has 1 aliphatic rings. The second-order valence-corrected chi connectivity index (χ2v) is 4.33. The van der Waals surface area contributed by atoms with Crippen molar-refractivity contribution in [2.24, 2.45) is 0 Å². The van der Waals surface area contributed by atoms with Crippen LogP contribution in [0.2, 0.25) is 0 Å². The SMILES string of the molecule is CC(S)N1CCN(CCCO)CC1. The van der Waals surface area contributed by atoms with Crippen LogP contribution >= 0.6 is 12.6 Å². The summed E-state index contributed by atoms with van der Waals surface area (Å²) in [6.07, 6.45) is 0.899. The quantitative estimate of drug-likeness (QED) is 0.643. The van der Waals surface area contributed by atoms with Crippen LogP contribution in [0.4, 0.5) is 0 Å². The molecule has 0 amide bonds. The van der Waals surface area contributed by atoms with Gasteiger partial charge >= 0.3 is 0 Å². The summed E-state index contributed by atoms with van der Waals surface area (Å²) in [6.45, 7) is 7.91. The molecule has 0 saturated carbocycles. The van der Waals surface area contributed by atoms with E-state index in [4.69, 9.17) is 5.11 Å². The van der Waals surface area contributed by atoms with Gasteiger partial charge in [-0.1, -0.05) is 0 Å². The molecule has 0 aromatic heterocycles. The monoisotopic (exact) mass is 204 g/mol. The van der Waals surface area contributed by atoms with Gasteiger partial charge in [0.15, 0.2) is 0 Å². The number of thiol groups is 1. The van der Waals surface area contributed by atoms with Gasteiger partial charge in [-0.15, -0.1) is 0 Å². The van der Waals surface area contributed by atoms with E-state index in [0.717, 1.165) is 39.1 Å². The molecule has 1 heterocycles. The molecule has 78 valence electrons. The van der Waals surface area contributed by atoms with Gasteiger partial charge < -0.3 is 10.0 Å². The molecule has 0 radical (unpaired) electrons. The van der Waals surface area contributed by atoms with Gasteiger partial charge in [-0.2, -0.15) is 12.6 Å². The summed E-state index contributed by atoms with van der Waals surface area (Å²) in [4.78, 5) is 4.78. The summed E-state index contributed by atoms with van der Waals surface area (Å²) in [5, 5.41) is 9.06. The third-order valence-electron chi connectivity index (χ3n) is 2.57. The third-order valence-corrected chi connectivity index (χ3v) is 2.89. The van der Waals surface area contributed by atoms with Crippen molar-refractivity contribution in [3.8, 4) is 0 Å². The molecule has 0 aromatic rings. The second-order valence-electron chi connectivity index (χ2n) is 3.59. The van der Waals surface area contributed by atoms with Gasteiger partial charge in [0.25, 0.3) is 0 Å². The fourth-order valence-electron chi connectivity index (χ4n) is 1.65. The first-order valence-corrected chi connectivity index (χ1v) is 5.51. The highest BCUT2D eigenvalue weighted by molar-refractivity contribution is 7.80. The molecule has 0 spiro atoms. The van der Waals surface area contributed by atoms with Gasteiger partial charge in [-0.3, -0.25) is 4.90 Å². The maximum atomic E-state index is 8.69. The molecule has 1 unspecified atom stereocenters. The minimum absolute atomic E-state index is 0.309. The number of nitrogens with zero attached hydrogens (tertiary/aromatic N) is 2. The molecule has 1 atom stereocenters. The first-order valence-electron chi connectivity index (χ1n) is 4.99. The minimum atomic E-state index is 0.309. The smallest absolute Gasteiger partial charge is 0.0500 e. The van der Waals surface area contributed by atoms with Crippen LogP contribution in [-0.4, -0.2) is 59.6 Å². The Labute approximate surface area is 86.1 Å². The average molecular weight is 204 g/mol. The number of hydrogen-bond acceptors (Lipinski definition) is 4. The van der Waals surface area contributed by atoms with Crippen LogP contribution in [0.1, 0.15) is 13.3 Å². The van der Waals surface area contributed by atoms with E-state index in [1.165, 1.54) is 0 Å². The lowest BCUT2D eigenvalue weighted by molar-refractivity contribution is 0.121. The number of rotatable bonds is 4. The average Bonchev–Trinajstić information content (AvgIpc) is 2.15. The Morgan fingerprint density at radius 3 is 2.38 bits per heavy atom. The van der Waals surface area contributed by atoms with E-state index in [9.17, 15) is 0 Å². The number of hydrogen-bond donors (Lipinski definition) is 2. The molecule has 1 saturated heterocycles. The molecule has 0 aromatic carbocycles. The van der Waals surface area contributed by atoms with E-state index in [1.807, 2.05) is 0 Å². The summed E-state index contributed by atoms with van der Waals surface area (Å²) in [6, 6.07) is 0. The van der Waals surface area contributed by atoms with Gasteiger partial charge in [0.1, 0.15) is 0 Å². The van der Waals surface area contributed by atoms with E-state index in [2.05, 4.69) is 29.4 Å². The molecule has 3 nitrogen and oxygen atoms in total. The first kappa shape index (κ1) is 11.3. The van der Waals surface area contributed by atoms with Crippen LogP contribution in [-0.2, 0) is 0 Å². The Morgan fingerprint density at radius 2 is 1.92 bits per heavy atom. The molecule has 0 aliphatic carbocycles. The Morgan fingerprint density at radius 1 is 1.31 bits per heavy atom. The molecular weight excluding hydrogens is 184 g/mol. The molecule has 13 heavy (non-hydrogen) atoms. The van der Waals surface area contributed by atoms with Crippen LogP contribution in [0.25, 0.3) is 0 Å². The Balaban J connectivity index is 2.15. The van der Waals surface area contributed by atoms with Crippen molar-refractivity contribution < 1.29 is 5.11 Å². The van der Waals surface area contributed by atoms with Crippen molar-refractivity contribution in [2.75, 3.05) is 39.3 Å². The summed E-state index contributed by atoms with van der Waals surface area (Å²) in [7, 11) is 0. The number of aliphatic hydroxyl groups is 1. The lowest BCUT2D eigenvalue weighted by atomic mass is 10.3. The van der Waals surface area contributed by atoms with Gasteiger partial charge in [-0.25, -0.2) is 0 Å². The van der Waals surface area contributed by atoms with Crippen molar-refractivity contribution in [3.63, 3.8) is 0 Å². The summed E-state index contributed by atoms with van der Waals surface area (Å²) < 4.78 is 0. The first-order chi connectivity index (χ1) is 6.24. The van der Waals surface area contributed by atoms with E-state index in [0.29, 0.717) is 12.0 Å². The zero-order chi connectivity index (χ0) is 9.68. The van der Waals surface area contributed by atoms with E-state index < -0.39 is 0 Å². The standard InChI is InChI=1S/C9H20N2OS/c1-9(13)11-6-4-10(5-7-11)3-2-8-12/h9,12-13H,2-8H2,1H3. The number of aliphatic hydroxyl groups excluding tert-OH is 1. The lowest BCUT2D eigenvalue weighted by Crippen LogP contribution is -2.48. The predicted octanol–water partition coefficient (Wildman–Crippen LogP) is 0.262. The molecule has 1 fully saturated rings. The van der Waals surface area contributed by atoms with Crippen molar-refractivity contribution in [1.82, 2.24) is 9.80 Å². The summed E-state index contributed by atoms with van der Waals surface area (Å²) in [5.41, 5.74) is 0. The maximum Gasteiger partial charge on any atom is 0.0500 e. The van der Waals surface area contributed by atoms with Crippen LogP contribution in [0.15, 0.2) is 0 Å². The summed E-state index contributed by atoms with van der Waals surface area (Å²) >= 11 is 4.41. The zero-order valence-electron chi connectivity index (χ0n) is 8.32. The van der Waals surface area contributed by atoms with E-state index in [1.54, 1.807) is 0 Å². The van der Waals surface area contributed by atoms with Crippen LogP contribution < -0.4 is 0 Å². The molecule has 1 rings (SSSR count). The molecule has 0 bridgehead atoms. The van der Waals surface area contributed by atoms with Crippen LogP contribution in [0.5, 0.6) is 0 Å². The van der Waals surface area contributed by atoms with Gasteiger partial charge in [0.2, 0.25) is 0 Å². The Bertz CT molecular complexity index is 136. The lowest BCUT2D eigenvalue weighted by Gasteiger charge is -2.36. The minimum Gasteiger partial charge on any atom is -0.396 e. The van der Waals surface area contributed by atoms with E-state index in [-0.39, 0.29) is 0 Å². The van der Waals surface area contributed by atoms with Crippen molar-refractivity contribution in [3.05, 3.63) is 0 Å². The summed E-state index contributed by atoms with van der Waals surface area (Å²) in [5.74, 6) is 0. The molecule has 1 aliphatic heterocycles.